The quantitative estimate of drug-likeness (QED) is 0.429. The zero-order valence-electron chi connectivity index (χ0n) is 2.62. The average molecular weight is 196 g/mol. The van der Waals surface area contributed by atoms with Crippen LogP contribution in [0.5, 0.6) is 0 Å². The van der Waals surface area contributed by atoms with E-state index in [-0.39, 0.29) is 125 Å². The Morgan fingerprint density at radius 2 is 0.750 bits per heavy atom. The molecule has 0 aromatic heterocycles. The van der Waals surface area contributed by atoms with Gasteiger partial charge in [0.05, 0.1) is 0 Å². The summed E-state index contributed by atoms with van der Waals surface area (Å²) in [6.07, 6.45) is 0. The molecule has 4 heteroatoms. The molecule has 0 bridgehead atoms. The van der Waals surface area contributed by atoms with Gasteiger partial charge >= 0.3 is 0 Å². The fourth-order valence-corrected chi connectivity index (χ4v) is 0. The van der Waals surface area contributed by atoms with Gasteiger partial charge in [0.25, 0.3) is 0 Å². The first-order chi connectivity index (χ1) is 0. The van der Waals surface area contributed by atoms with Crippen molar-refractivity contribution < 1.29 is 26.2 Å². The maximum Gasteiger partial charge on any atom is 0 e. The van der Waals surface area contributed by atoms with E-state index in [1.807, 2.05) is 0 Å². The molecule has 0 nitrogen and oxygen atoms in total. The molecule has 6 radical (unpaired) electrons. The topological polar surface area (TPSA) is 0 Å². The van der Waals surface area contributed by atoms with E-state index in [9.17, 15) is 0 Å². The van der Waals surface area contributed by atoms with Crippen LogP contribution in [0, 0.1) is 0 Å². The van der Waals surface area contributed by atoms with Crippen LogP contribution in [-0.4, -0.2) is 98.5 Å². The Morgan fingerprint density at radius 3 is 0.750 bits per heavy atom. The molecule has 0 aromatic rings. The van der Waals surface area contributed by atoms with Crippen molar-refractivity contribution in [1.82, 2.24) is 0 Å². The van der Waals surface area contributed by atoms with E-state index in [4.69, 9.17) is 0 Å². The maximum absolute atomic E-state index is 0. The molecule has 0 saturated heterocycles. The molecular weight excluding hydrogens is 196 g/mol. The van der Waals surface area contributed by atoms with Gasteiger partial charge < -0.3 is 0 Å². The van der Waals surface area contributed by atoms with Gasteiger partial charge in [-0.15, -0.1) is 0 Å². The van der Waals surface area contributed by atoms with E-state index in [1.165, 1.54) is 0 Å². The maximum atomic E-state index is 0. The Morgan fingerprint density at radius 1 is 0.750 bits per heavy atom. The van der Waals surface area contributed by atoms with Gasteiger partial charge in [0.15, 0.2) is 0 Å². The van der Waals surface area contributed by atoms with Crippen molar-refractivity contribution in [3.05, 3.63) is 0 Å². The summed E-state index contributed by atoms with van der Waals surface area (Å²) in [5, 5.41) is 0. The van der Waals surface area contributed by atoms with Crippen molar-refractivity contribution >= 4 is 98.5 Å². The summed E-state index contributed by atoms with van der Waals surface area (Å²) in [7, 11) is 0. The van der Waals surface area contributed by atoms with E-state index >= 15 is 0 Å². The Hall–Kier alpha value is 4.17. The molecule has 0 N–H and O–H groups in total. The molecule has 0 aliphatic rings. The van der Waals surface area contributed by atoms with E-state index in [1.54, 1.807) is 0 Å². The predicted octanol–water partition coefficient (Wildman–Crippen LogP) is -1.14. The molecule has 0 aliphatic heterocycles. The summed E-state index contributed by atoms with van der Waals surface area (Å²) in [5.74, 6) is 0. The Bertz CT molecular complexity index is 6.00. The minimum Gasteiger partial charge on any atom is 0 e. The molecule has 0 aromatic carbocycles. The van der Waals surface area contributed by atoms with E-state index in [2.05, 4.69) is 0 Å². The molecule has 0 atom stereocenters. The van der Waals surface area contributed by atoms with E-state index in [0.717, 1.165) is 0 Å². The normalized spacial score (nSPS) is 0. The van der Waals surface area contributed by atoms with E-state index in [0.29, 0.717) is 0 Å². The summed E-state index contributed by atoms with van der Waals surface area (Å²) in [4.78, 5) is 0. The number of rotatable bonds is 0. The van der Waals surface area contributed by atoms with Crippen LogP contribution in [-0.2, 0) is 26.2 Å². The van der Waals surface area contributed by atoms with Gasteiger partial charge in [0, 0.05) is 125 Å². The zero-order chi connectivity index (χ0) is 0. The third-order valence-electron chi connectivity index (χ3n) is 0. The monoisotopic (exact) mass is 194 g/mol. The number of hydrogen-bond donors (Lipinski definition) is 0. The molecule has 0 rings (SSSR count). The molecule has 0 saturated carbocycles. The van der Waals surface area contributed by atoms with Crippen molar-refractivity contribution in [2.45, 2.75) is 0 Å². The molecule has 0 unspecified atom stereocenters. The molecule has 4 heavy (non-hydrogen) atoms. The van der Waals surface area contributed by atoms with Gasteiger partial charge in [-0.3, -0.25) is 0 Å². The van der Waals surface area contributed by atoms with Gasteiger partial charge in [-0.05, 0) is 0 Å². The second-order valence-corrected chi connectivity index (χ2v) is 0. The van der Waals surface area contributed by atoms with Crippen LogP contribution >= 0.6 is 0 Å². The summed E-state index contributed by atoms with van der Waals surface area (Å²) < 4.78 is 0. The number of hydrogen-bond acceptors (Lipinski definition) is 0. The molecule has 0 aliphatic carbocycles. The van der Waals surface area contributed by atoms with Crippen LogP contribution in [0.2, 0.25) is 0 Å². The summed E-state index contributed by atoms with van der Waals surface area (Å²) >= 11 is 0. The van der Waals surface area contributed by atoms with Crippen LogP contribution in [0.3, 0.4) is 0 Å². The third kappa shape index (κ3) is 9.48. The molecule has 0 fully saturated rings. The van der Waals surface area contributed by atoms with Gasteiger partial charge in [-0.2, -0.15) is 0 Å². The van der Waals surface area contributed by atoms with Gasteiger partial charge in [-0.25, -0.2) is 0 Å². The standard InChI is InChI=1S/2Ca.Mg.Zr. The minimum atomic E-state index is 0. The van der Waals surface area contributed by atoms with Crippen LogP contribution in [0.4, 0.5) is 0 Å². The molecule has 10 valence electrons. The smallest absolute Gasteiger partial charge is 0 e. The molecule has 0 amide bonds. The summed E-state index contributed by atoms with van der Waals surface area (Å²) in [6.45, 7) is 0. The molecule has 0 heterocycles. The summed E-state index contributed by atoms with van der Waals surface area (Å²) in [5.41, 5.74) is 0. The van der Waals surface area contributed by atoms with E-state index < -0.39 is 0 Å². The van der Waals surface area contributed by atoms with Crippen LogP contribution in [0.15, 0.2) is 0 Å². The van der Waals surface area contributed by atoms with Crippen molar-refractivity contribution in [2.75, 3.05) is 0 Å². The van der Waals surface area contributed by atoms with Gasteiger partial charge in [0.2, 0.25) is 0 Å². The third-order valence-corrected chi connectivity index (χ3v) is 0. The van der Waals surface area contributed by atoms with Crippen LogP contribution < -0.4 is 0 Å². The second-order valence-electron chi connectivity index (χ2n) is 0. The van der Waals surface area contributed by atoms with Gasteiger partial charge in [-0.1, -0.05) is 0 Å². The first-order valence-corrected chi connectivity index (χ1v) is 0. The fourth-order valence-electron chi connectivity index (χ4n) is 0. The van der Waals surface area contributed by atoms with Crippen molar-refractivity contribution in [2.24, 2.45) is 0 Å². The average Bonchev–Trinajstić information content (AvgIpc) is 0. The molecule has 0 spiro atoms. The van der Waals surface area contributed by atoms with Gasteiger partial charge in [0.1, 0.15) is 0 Å². The Kier molecular flexibility index (Phi) is 94.8. The fraction of sp³-hybridized carbons (Fsp3) is 0. The first-order valence-electron chi connectivity index (χ1n) is 0. The summed E-state index contributed by atoms with van der Waals surface area (Å²) in [6, 6.07) is 0. The largest absolute Gasteiger partial charge is 0 e. The SMILES string of the molecule is [Ca].[Ca].[Mg].[Zr]. The van der Waals surface area contributed by atoms with Crippen LogP contribution in [0.1, 0.15) is 0 Å². The second kappa shape index (κ2) is 15.7. The van der Waals surface area contributed by atoms with Crippen molar-refractivity contribution in [3.63, 3.8) is 0 Å². The van der Waals surface area contributed by atoms with Crippen LogP contribution in [0.25, 0.3) is 0 Å². The van der Waals surface area contributed by atoms with Crippen molar-refractivity contribution in [3.8, 4) is 0 Å². The predicted molar refractivity (Wildman–Crippen MR) is 17.3 cm³/mol. The minimum absolute atomic E-state index is 0. The first kappa shape index (κ1) is 24.2. The van der Waals surface area contributed by atoms with Crippen molar-refractivity contribution in [1.29, 1.82) is 0 Å². The zero-order valence-corrected chi connectivity index (χ0v) is 10.9. The Labute approximate surface area is 121 Å². The Balaban J connectivity index is 0. The molecular formula is Ca2MgZr.